The van der Waals surface area contributed by atoms with Crippen LogP contribution in [0.4, 0.5) is 0 Å². The standard InChI is InChI=1S/C27H24O9/c1-36-24(32)26(34,22(30)19-13-7-3-8-14-19)27(35,23(31)20-15-9-4-10-16-20)25(33,17-28)21(29)18-11-5-2-6-12-18/h2-16,28,33-35H,17H2,1H3/t25-,26-,27+/m0/s1. The van der Waals surface area contributed by atoms with Gasteiger partial charge in [0.1, 0.15) is 0 Å². The fourth-order valence-corrected chi connectivity index (χ4v) is 3.98. The SMILES string of the molecule is COC(=O)[C@@](O)(C(=O)c1ccccc1)[C@@](O)(C(=O)c1ccccc1)[C@](O)(CO)C(=O)c1ccccc1. The molecule has 0 aromatic heterocycles. The minimum absolute atomic E-state index is 0.285. The fraction of sp³-hybridized carbons (Fsp3) is 0.185. The Morgan fingerprint density at radius 1 is 0.639 bits per heavy atom. The zero-order chi connectivity index (χ0) is 26.6. The topological polar surface area (TPSA) is 158 Å². The fourth-order valence-electron chi connectivity index (χ4n) is 3.98. The number of benzene rings is 3. The van der Waals surface area contributed by atoms with E-state index in [0.717, 1.165) is 7.11 Å². The number of hydrogen-bond acceptors (Lipinski definition) is 9. The predicted octanol–water partition coefficient (Wildman–Crippen LogP) is 0.994. The van der Waals surface area contributed by atoms with Gasteiger partial charge in [-0.3, -0.25) is 14.4 Å². The van der Waals surface area contributed by atoms with Crippen molar-refractivity contribution in [2.24, 2.45) is 0 Å². The maximum atomic E-state index is 13.8. The highest BCUT2D eigenvalue weighted by Gasteiger charge is 2.75. The van der Waals surface area contributed by atoms with Crippen LogP contribution in [-0.2, 0) is 9.53 Å². The van der Waals surface area contributed by atoms with Gasteiger partial charge in [0.15, 0.2) is 11.4 Å². The van der Waals surface area contributed by atoms with Crippen LogP contribution in [0, 0.1) is 0 Å². The third kappa shape index (κ3) is 4.04. The molecule has 0 bridgehead atoms. The lowest BCUT2D eigenvalue weighted by molar-refractivity contribution is -0.208. The zero-order valence-corrected chi connectivity index (χ0v) is 19.2. The molecule has 3 aromatic rings. The molecule has 0 aliphatic rings. The number of aliphatic hydroxyl groups excluding tert-OH is 1. The van der Waals surface area contributed by atoms with Crippen molar-refractivity contribution in [3.8, 4) is 0 Å². The molecule has 0 heterocycles. The molecule has 0 aliphatic heterocycles. The minimum Gasteiger partial charge on any atom is -0.466 e. The number of carbonyl (C=O) groups is 4. The first-order chi connectivity index (χ1) is 17.1. The van der Waals surface area contributed by atoms with Crippen LogP contribution in [-0.4, -0.2) is 74.3 Å². The number of esters is 1. The van der Waals surface area contributed by atoms with Crippen LogP contribution in [0.15, 0.2) is 91.0 Å². The maximum absolute atomic E-state index is 13.8. The Morgan fingerprint density at radius 2 is 1.00 bits per heavy atom. The molecule has 0 unspecified atom stereocenters. The summed E-state index contributed by atoms with van der Waals surface area (Å²) in [5, 5.41) is 45.5. The van der Waals surface area contributed by atoms with Crippen molar-refractivity contribution in [2.75, 3.05) is 13.7 Å². The van der Waals surface area contributed by atoms with E-state index in [2.05, 4.69) is 4.74 Å². The molecule has 9 nitrogen and oxygen atoms in total. The van der Waals surface area contributed by atoms with Crippen LogP contribution in [0.2, 0.25) is 0 Å². The van der Waals surface area contributed by atoms with Crippen molar-refractivity contribution in [3.63, 3.8) is 0 Å². The van der Waals surface area contributed by atoms with Crippen molar-refractivity contribution in [2.45, 2.75) is 16.8 Å². The molecular formula is C27H24O9. The Balaban J connectivity index is 2.41. The van der Waals surface area contributed by atoms with Gasteiger partial charge < -0.3 is 25.2 Å². The third-order valence-electron chi connectivity index (χ3n) is 5.97. The van der Waals surface area contributed by atoms with Gasteiger partial charge in [0.25, 0.3) is 5.60 Å². The van der Waals surface area contributed by atoms with Gasteiger partial charge in [0, 0.05) is 16.7 Å². The molecule has 0 amide bonds. The van der Waals surface area contributed by atoms with Crippen LogP contribution in [0.3, 0.4) is 0 Å². The number of ether oxygens (including phenoxy) is 1. The summed E-state index contributed by atoms with van der Waals surface area (Å²) in [4.78, 5) is 54.0. The molecule has 0 fully saturated rings. The summed E-state index contributed by atoms with van der Waals surface area (Å²) in [6.07, 6.45) is 0. The molecule has 186 valence electrons. The Morgan fingerprint density at radius 3 is 1.36 bits per heavy atom. The highest BCUT2D eigenvalue weighted by atomic mass is 16.5. The van der Waals surface area contributed by atoms with E-state index in [-0.39, 0.29) is 16.7 Å². The van der Waals surface area contributed by atoms with Gasteiger partial charge in [0.2, 0.25) is 17.2 Å². The highest BCUT2D eigenvalue weighted by molar-refractivity contribution is 6.25. The maximum Gasteiger partial charge on any atom is 0.349 e. The second-order valence-electron chi connectivity index (χ2n) is 8.02. The Bertz CT molecular complexity index is 1260. The molecule has 3 atom stereocenters. The average Bonchev–Trinajstić information content (AvgIpc) is 2.95. The highest BCUT2D eigenvalue weighted by Crippen LogP contribution is 2.41. The van der Waals surface area contributed by atoms with Gasteiger partial charge in [-0.2, -0.15) is 0 Å². The lowest BCUT2D eigenvalue weighted by atomic mass is 9.62. The molecule has 3 rings (SSSR count). The number of carbonyl (C=O) groups excluding carboxylic acids is 4. The summed E-state index contributed by atoms with van der Waals surface area (Å²) < 4.78 is 4.59. The second-order valence-corrected chi connectivity index (χ2v) is 8.02. The molecule has 9 heteroatoms. The summed E-state index contributed by atoms with van der Waals surface area (Å²) >= 11 is 0. The van der Waals surface area contributed by atoms with E-state index in [1.54, 1.807) is 6.07 Å². The summed E-state index contributed by atoms with van der Waals surface area (Å²) in [5.74, 6) is -6.40. The van der Waals surface area contributed by atoms with Crippen molar-refractivity contribution in [1.82, 2.24) is 0 Å². The molecule has 4 N–H and O–H groups in total. The molecule has 0 radical (unpaired) electrons. The first kappa shape index (κ1) is 26.6. The molecule has 3 aromatic carbocycles. The average molecular weight is 492 g/mol. The van der Waals surface area contributed by atoms with E-state index in [1.807, 2.05) is 0 Å². The summed E-state index contributed by atoms with van der Waals surface area (Å²) in [6.45, 7) is -1.66. The lowest BCUT2D eigenvalue weighted by Gasteiger charge is -2.47. The number of aliphatic hydroxyl groups is 4. The normalized spacial score (nSPS) is 16.0. The number of hydrogen-bond donors (Lipinski definition) is 4. The van der Waals surface area contributed by atoms with Gasteiger partial charge in [0.05, 0.1) is 13.7 Å². The van der Waals surface area contributed by atoms with Crippen molar-refractivity contribution < 1.29 is 44.3 Å². The van der Waals surface area contributed by atoms with Crippen LogP contribution >= 0.6 is 0 Å². The number of rotatable bonds is 10. The van der Waals surface area contributed by atoms with Crippen molar-refractivity contribution in [3.05, 3.63) is 108 Å². The molecule has 0 spiro atoms. The van der Waals surface area contributed by atoms with Crippen LogP contribution in [0.25, 0.3) is 0 Å². The number of methoxy groups -OCH3 is 1. The minimum atomic E-state index is -3.96. The summed E-state index contributed by atoms with van der Waals surface area (Å²) in [6, 6.07) is 20.1. The van der Waals surface area contributed by atoms with E-state index in [4.69, 9.17) is 0 Å². The van der Waals surface area contributed by atoms with Gasteiger partial charge >= 0.3 is 5.97 Å². The van der Waals surface area contributed by atoms with Gasteiger partial charge in [-0.15, -0.1) is 0 Å². The molecule has 0 aliphatic carbocycles. The van der Waals surface area contributed by atoms with Gasteiger partial charge in [-0.25, -0.2) is 4.79 Å². The van der Waals surface area contributed by atoms with E-state index < -0.39 is 46.7 Å². The van der Waals surface area contributed by atoms with Gasteiger partial charge in [-0.1, -0.05) is 91.0 Å². The van der Waals surface area contributed by atoms with Crippen LogP contribution < -0.4 is 0 Å². The molecule has 36 heavy (non-hydrogen) atoms. The summed E-state index contributed by atoms with van der Waals surface area (Å²) in [7, 11) is 0.774. The molecule has 0 saturated carbocycles. The smallest absolute Gasteiger partial charge is 0.349 e. The Kier molecular flexibility index (Phi) is 7.61. The second kappa shape index (κ2) is 10.3. The van der Waals surface area contributed by atoms with E-state index >= 15 is 0 Å². The quantitative estimate of drug-likeness (QED) is 0.184. The number of ketones is 3. The lowest BCUT2D eigenvalue weighted by Crippen LogP contribution is -2.80. The third-order valence-corrected chi connectivity index (χ3v) is 5.97. The van der Waals surface area contributed by atoms with E-state index in [0.29, 0.717) is 0 Å². The zero-order valence-electron chi connectivity index (χ0n) is 19.2. The van der Waals surface area contributed by atoms with Crippen molar-refractivity contribution >= 4 is 23.3 Å². The van der Waals surface area contributed by atoms with Crippen LogP contribution in [0.1, 0.15) is 31.1 Å². The molecule has 0 saturated heterocycles. The monoisotopic (exact) mass is 492 g/mol. The first-order valence-electron chi connectivity index (χ1n) is 10.8. The van der Waals surface area contributed by atoms with E-state index in [9.17, 15) is 39.6 Å². The first-order valence-corrected chi connectivity index (χ1v) is 10.8. The largest absolute Gasteiger partial charge is 0.466 e. The number of Topliss-reactive ketones (excluding diaryl/α,β-unsaturated/α-hetero) is 3. The summed E-state index contributed by atoms with van der Waals surface area (Å²) in [5.41, 5.74) is -12.4. The molecular weight excluding hydrogens is 468 g/mol. The van der Waals surface area contributed by atoms with E-state index in [1.165, 1.54) is 84.9 Å². The Hall–Kier alpha value is -4.02. The van der Waals surface area contributed by atoms with Crippen molar-refractivity contribution in [1.29, 1.82) is 0 Å². The van der Waals surface area contributed by atoms with Crippen LogP contribution in [0.5, 0.6) is 0 Å². The van der Waals surface area contributed by atoms with Gasteiger partial charge in [-0.05, 0) is 0 Å². The Labute approximate surface area is 206 Å². The predicted molar refractivity (Wildman–Crippen MR) is 126 cm³/mol.